The summed E-state index contributed by atoms with van der Waals surface area (Å²) in [6.07, 6.45) is 0. The van der Waals surface area contributed by atoms with Crippen molar-refractivity contribution in [3.8, 4) is 11.5 Å². The summed E-state index contributed by atoms with van der Waals surface area (Å²) in [6.45, 7) is 9.49. The van der Waals surface area contributed by atoms with Gasteiger partial charge in [-0.05, 0) is 23.6 Å². The van der Waals surface area contributed by atoms with Crippen molar-refractivity contribution >= 4 is 6.03 Å². The molecule has 0 aliphatic rings. The third kappa shape index (κ3) is 5.13. The normalized spacial score (nSPS) is 11.2. The van der Waals surface area contributed by atoms with Gasteiger partial charge in [0, 0.05) is 18.5 Å². The Morgan fingerprint density at radius 1 is 1.14 bits per heavy atom. The molecule has 0 aliphatic carbocycles. The van der Waals surface area contributed by atoms with Crippen LogP contribution in [0.5, 0.6) is 11.5 Å². The van der Waals surface area contributed by atoms with E-state index in [0.29, 0.717) is 30.5 Å². The molecule has 5 nitrogen and oxygen atoms in total. The highest BCUT2D eigenvalue weighted by Crippen LogP contribution is 2.32. The van der Waals surface area contributed by atoms with Gasteiger partial charge >= 0.3 is 6.03 Å². The molecule has 0 aliphatic heterocycles. The van der Waals surface area contributed by atoms with E-state index in [4.69, 9.17) is 9.47 Å². The summed E-state index contributed by atoms with van der Waals surface area (Å²) in [5.41, 5.74) is 0.864. The fraction of sp³-hybridized carbons (Fsp3) is 0.588. The molecule has 0 bridgehead atoms. The summed E-state index contributed by atoms with van der Waals surface area (Å²) in [6, 6.07) is 5.69. The van der Waals surface area contributed by atoms with Crippen molar-refractivity contribution in [2.24, 2.45) is 5.92 Å². The Morgan fingerprint density at radius 2 is 1.77 bits per heavy atom. The Balaban J connectivity index is 2.71. The quantitative estimate of drug-likeness (QED) is 0.814. The number of rotatable bonds is 7. The molecule has 0 heterocycles. The third-order valence-electron chi connectivity index (χ3n) is 3.53. The molecule has 1 aromatic rings. The van der Waals surface area contributed by atoms with E-state index < -0.39 is 0 Å². The maximum atomic E-state index is 11.8. The van der Waals surface area contributed by atoms with E-state index in [1.165, 1.54) is 0 Å². The number of hydrogen-bond acceptors (Lipinski definition) is 3. The van der Waals surface area contributed by atoms with Crippen LogP contribution in [0.1, 0.15) is 33.3 Å². The topological polar surface area (TPSA) is 59.6 Å². The Hall–Kier alpha value is -1.91. The van der Waals surface area contributed by atoms with Crippen LogP contribution >= 0.6 is 0 Å². The summed E-state index contributed by atoms with van der Waals surface area (Å²) in [5, 5.41) is 5.77. The SMILES string of the molecule is COc1ccc(C(C)(C)CNC(=O)NCC(C)C)cc1OC. The Morgan fingerprint density at radius 3 is 2.32 bits per heavy atom. The van der Waals surface area contributed by atoms with Crippen molar-refractivity contribution in [3.63, 3.8) is 0 Å². The van der Waals surface area contributed by atoms with Crippen LogP contribution in [0.25, 0.3) is 0 Å². The van der Waals surface area contributed by atoms with E-state index >= 15 is 0 Å². The van der Waals surface area contributed by atoms with Crippen LogP contribution in [0.3, 0.4) is 0 Å². The van der Waals surface area contributed by atoms with Crippen molar-refractivity contribution in [2.45, 2.75) is 33.1 Å². The number of hydrogen-bond donors (Lipinski definition) is 2. The minimum absolute atomic E-state index is 0.137. The van der Waals surface area contributed by atoms with Gasteiger partial charge in [0.15, 0.2) is 11.5 Å². The second kappa shape index (κ2) is 7.92. The molecule has 0 saturated carbocycles. The van der Waals surface area contributed by atoms with Gasteiger partial charge in [0.1, 0.15) is 0 Å². The van der Waals surface area contributed by atoms with Crippen LogP contribution < -0.4 is 20.1 Å². The summed E-state index contributed by atoms with van der Waals surface area (Å²) >= 11 is 0. The lowest BCUT2D eigenvalue weighted by Crippen LogP contribution is -2.43. The van der Waals surface area contributed by atoms with E-state index in [1.807, 2.05) is 18.2 Å². The molecule has 0 aromatic heterocycles. The molecule has 0 saturated heterocycles. The minimum Gasteiger partial charge on any atom is -0.493 e. The molecule has 0 spiro atoms. The van der Waals surface area contributed by atoms with E-state index in [0.717, 1.165) is 5.56 Å². The summed E-state index contributed by atoms with van der Waals surface area (Å²) in [5.74, 6) is 1.83. The number of carbonyl (C=O) groups is 1. The zero-order valence-electron chi connectivity index (χ0n) is 14.4. The van der Waals surface area contributed by atoms with Crippen LogP contribution in [0.4, 0.5) is 4.79 Å². The van der Waals surface area contributed by atoms with Gasteiger partial charge in [-0.1, -0.05) is 33.8 Å². The Labute approximate surface area is 133 Å². The molecule has 0 fully saturated rings. The predicted molar refractivity (Wildman–Crippen MR) is 88.8 cm³/mol. The molecule has 2 amide bonds. The summed E-state index contributed by atoms with van der Waals surface area (Å²) in [7, 11) is 3.23. The smallest absolute Gasteiger partial charge is 0.314 e. The van der Waals surface area contributed by atoms with Crippen molar-refractivity contribution < 1.29 is 14.3 Å². The molecule has 22 heavy (non-hydrogen) atoms. The number of amides is 2. The zero-order chi connectivity index (χ0) is 16.8. The maximum Gasteiger partial charge on any atom is 0.314 e. The molecule has 5 heteroatoms. The first-order chi connectivity index (χ1) is 10.3. The van der Waals surface area contributed by atoms with Gasteiger partial charge in [-0.25, -0.2) is 4.79 Å². The standard InChI is InChI=1S/C17H28N2O3/c1-12(2)10-18-16(20)19-11-17(3,4)13-7-8-14(21-5)15(9-13)22-6/h7-9,12H,10-11H2,1-6H3,(H2,18,19,20). The first-order valence-corrected chi connectivity index (χ1v) is 7.54. The fourth-order valence-corrected chi connectivity index (χ4v) is 2.02. The van der Waals surface area contributed by atoms with Crippen molar-refractivity contribution in [1.82, 2.24) is 10.6 Å². The Bertz CT molecular complexity index is 499. The lowest BCUT2D eigenvalue weighted by molar-refractivity contribution is 0.237. The van der Waals surface area contributed by atoms with Gasteiger partial charge in [-0.2, -0.15) is 0 Å². The third-order valence-corrected chi connectivity index (χ3v) is 3.53. The van der Waals surface area contributed by atoms with E-state index in [9.17, 15) is 4.79 Å². The average molecular weight is 308 g/mol. The van der Waals surface area contributed by atoms with Gasteiger partial charge in [0.25, 0.3) is 0 Å². The molecule has 0 unspecified atom stereocenters. The van der Waals surface area contributed by atoms with Crippen LogP contribution in [-0.2, 0) is 5.41 Å². The van der Waals surface area contributed by atoms with E-state index in [1.54, 1.807) is 14.2 Å². The Kier molecular flexibility index (Phi) is 6.53. The molecular weight excluding hydrogens is 280 g/mol. The monoisotopic (exact) mass is 308 g/mol. The van der Waals surface area contributed by atoms with Crippen molar-refractivity contribution in [1.29, 1.82) is 0 Å². The number of urea groups is 1. The number of carbonyl (C=O) groups excluding carboxylic acids is 1. The fourth-order valence-electron chi connectivity index (χ4n) is 2.02. The van der Waals surface area contributed by atoms with Gasteiger partial charge in [-0.15, -0.1) is 0 Å². The largest absolute Gasteiger partial charge is 0.493 e. The van der Waals surface area contributed by atoms with Crippen LogP contribution in [0.15, 0.2) is 18.2 Å². The second-order valence-electron chi connectivity index (χ2n) is 6.41. The number of methoxy groups -OCH3 is 2. The highest BCUT2D eigenvalue weighted by atomic mass is 16.5. The van der Waals surface area contributed by atoms with Crippen molar-refractivity contribution in [3.05, 3.63) is 23.8 Å². The first-order valence-electron chi connectivity index (χ1n) is 7.54. The molecule has 0 atom stereocenters. The second-order valence-corrected chi connectivity index (χ2v) is 6.41. The van der Waals surface area contributed by atoms with Gasteiger partial charge in [-0.3, -0.25) is 0 Å². The molecule has 124 valence electrons. The molecular formula is C17H28N2O3. The van der Waals surface area contributed by atoms with Gasteiger partial charge < -0.3 is 20.1 Å². The molecule has 0 radical (unpaired) electrons. The number of ether oxygens (including phenoxy) is 2. The molecule has 1 rings (SSSR count). The highest BCUT2D eigenvalue weighted by molar-refractivity contribution is 5.73. The van der Waals surface area contributed by atoms with Crippen LogP contribution in [0, 0.1) is 5.92 Å². The van der Waals surface area contributed by atoms with Crippen LogP contribution in [0.2, 0.25) is 0 Å². The lowest BCUT2D eigenvalue weighted by Gasteiger charge is -2.26. The van der Waals surface area contributed by atoms with Gasteiger partial charge in [0.2, 0.25) is 0 Å². The van der Waals surface area contributed by atoms with Gasteiger partial charge in [0.05, 0.1) is 14.2 Å². The molecule has 1 aromatic carbocycles. The zero-order valence-corrected chi connectivity index (χ0v) is 14.4. The number of nitrogens with one attached hydrogen (secondary N) is 2. The van der Waals surface area contributed by atoms with E-state index in [2.05, 4.69) is 38.3 Å². The number of benzene rings is 1. The first kappa shape index (κ1) is 18.1. The summed E-state index contributed by atoms with van der Waals surface area (Å²) in [4.78, 5) is 11.8. The lowest BCUT2D eigenvalue weighted by atomic mass is 9.84. The van der Waals surface area contributed by atoms with Crippen LogP contribution in [-0.4, -0.2) is 33.3 Å². The average Bonchev–Trinajstić information content (AvgIpc) is 2.50. The molecule has 2 N–H and O–H groups in total. The maximum absolute atomic E-state index is 11.8. The van der Waals surface area contributed by atoms with Crippen molar-refractivity contribution in [2.75, 3.05) is 27.3 Å². The van der Waals surface area contributed by atoms with E-state index in [-0.39, 0.29) is 11.4 Å². The predicted octanol–water partition coefficient (Wildman–Crippen LogP) is 2.94. The summed E-state index contributed by atoms with van der Waals surface area (Å²) < 4.78 is 10.6. The minimum atomic E-state index is -0.214. The highest BCUT2D eigenvalue weighted by Gasteiger charge is 2.23.